The summed E-state index contributed by atoms with van der Waals surface area (Å²) in [5, 5.41) is 2.91. The Hall–Kier alpha value is -1.50. The Kier molecular flexibility index (Phi) is 2.39. The van der Waals surface area contributed by atoms with E-state index in [0.717, 1.165) is 5.56 Å². The number of carbonyl (C=O) groups excluding carboxylic acids is 1. The third-order valence-electron chi connectivity index (χ3n) is 2.13. The molecular formula is C8H10N4O2S. The zero-order valence-corrected chi connectivity index (χ0v) is 9.17. The van der Waals surface area contributed by atoms with E-state index in [1.54, 1.807) is 13.2 Å². The predicted molar refractivity (Wildman–Crippen MR) is 55.0 cm³/mol. The van der Waals surface area contributed by atoms with Gasteiger partial charge in [-0.15, -0.1) is 0 Å². The number of nitrogens with zero attached hydrogens (tertiary/aromatic N) is 3. The second-order valence-corrected chi connectivity index (χ2v) is 4.45. The molecule has 15 heavy (non-hydrogen) atoms. The summed E-state index contributed by atoms with van der Waals surface area (Å²) < 4.78 is 11.2. The van der Waals surface area contributed by atoms with Crippen molar-refractivity contribution < 1.29 is 9.00 Å². The minimum atomic E-state index is -1.23. The first-order valence-corrected chi connectivity index (χ1v) is 5.86. The molecule has 80 valence electrons. The molecule has 1 unspecified atom stereocenters. The molecule has 2 heterocycles. The molecule has 0 aromatic carbocycles. The predicted octanol–water partition coefficient (Wildman–Crippen LogP) is -0.127. The van der Waals surface area contributed by atoms with Crippen molar-refractivity contribution in [3.63, 3.8) is 0 Å². The Morgan fingerprint density at radius 2 is 2.33 bits per heavy atom. The summed E-state index contributed by atoms with van der Waals surface area (Å²) in [4.78, 5) is 20.8. The van der Waals surface area contributed by atoms with Gasteiger partial charge in [0.25, 0.3) is 0 Å². The fraction of sp³-hybridized carbons (Fsp3) is 0.375. The quantitative estimate of drug-likeness (QED) is 0.677. The largest absolute Gasteiger partial charge is 0.333 e. The molecule has 0 spiro atoms. The van der Waals surface area contributed by atoms with Crippen LogP contribution in [0.1, 0.15) is 5.56 Å². The van der Waals surface area contributed by atoms with E-state index in [2.05, 4.69) is 15.3 Å². The zero-order valence-electron chi connectivity index (χ0n) is 8.35. The third-order valence-corrected chi connectivity index (χ3v) is 2.84. The van der Waals surface area contributed by atoms with Crippen LogP contribution in [0, 0.1) is 0 Å². The summed E-state index contributed by atoms with van der Waals surface area (Å²) >= 11 is 0. The van der Waals surface area contributed by atoms with Gasteiger partial charge in [-0.1, -0.05) is 0 Å². The molecule has 1 atom stereocenters. The molecule has 0 saturated carbocycles. The molecule has 1 aromatic rings. The van der Waals surface area contributed by atoms with Gasteiger partial charge in [-0.2, -0.15) is 0 Å². The number of nitrogens with one attached hydrogen (secondary N) is 1. The number of hydrogen-bond donors (Lipinski definition) is 1. The van der Waals surface area contributed by atoms with E-state index in [-0.39, 0.29) is 11.2 Å². The van der Waals surface area contributed by atoms with Crippen LogP contribution in [0.15, 0.2) is 11.4 Å². The topological polar surface area (TPSA) is 75.2 Å². The van der Waals surface area contributed by atoms with Gasteiger partial charge in [-0.05, 0) is 0 Å². The first kappa shape index (κ1) is 10.0. The summed E-state index contributed by atoms with van der Waals surface area (Å²) in [5.74, 6) is 0.527. The standard InChI is InChI=1S/C8H10N4O2S/c1-12-6-5(4-10-8(12)13)3-9-7(11-6)15(2)14/h3H,4H2,1-2H3,(H,10,13). The highest BCUT2D eigenvalue weighted by Crippen LogP contribution is 2.20. The maximum Gasteiger partial charge on any atom is 0.323 e. The lowest BCUT2D eigenvalue weighted by atomic mass is 10.2. The lowest BCUT2D eigenvalue weighted by molar-refractivity contribution is 0.245. The summed E-state index contributed by atoms with van der Waals surface area (Å²) in [5.41, 5.74) is 0.825. The van der Waals surface area contributed by atoms with Crippen LogP contribution in [0.2, 0.25) is 0 Å². The first-order chi connectivity index (χ1) is 7.09. The Bertz CT molecular complexity index is 448. The van der Waals surface area contributed by atoms with Crippen molar-refractivity contribution in [2.45, 2.75) is 11.7 Å². The summed E-state index contributed by atoms with van der Waals surface area (Å²) in [6.07, 6.45) is 3.10. The second kappa shape index (κ2) is 3.58. The molecule has 1 aliphatic heterocycles. The van der Waals surface area contributed by atoms with Crippen molar-refractivity contribution in [2.75, 3.05) is 18.2 Å². The summed E-state index contributed by atoms with van der Waals surface area (Å²) in [7, 11) is 0.380. The van der Waals surface area contributed by atoms with Crippen LogP contribution in [0.4, 0.5) is 10.6 Å². The van der Waals surface area contributed by atoms with Crippen LogP contribution < -0.4 is 10.2 Å². The van der Waals surface area contributed by atoms with Gasteiger partial charge in [0.2, 0.25) is 5.16 Å². The molecule has 1 N–H and O–H groups in total. The molecule has 7 heteroatoms. The van der Waals surface area contributed by atoms with Gasteiger partial charge < -0.3 is 5.32 Å². The van der Waals surface area contributed by atoms with E-state index < -0.39 is 10.8 Å². The Balaban J connectivity index is 2.50. The van der Waals surface area contributed by atoms with E-state index in [4.69, 9.17) is 0 Å². The van der Waals surface area contributed by atoms with Crippen molar-refractivity contribution in [3.8, 4) is 0 Å². The van der Waals surface area contributed by atoms with Crippen LogP contribution in [0.5, 0.6) is 0 Å². The van der Waals surface area contributed by atoms with E-state index in [0.29, 0.717) is 12.4 Å². The van der Waals surface area contributed by atoms with Crippen LogP contribution >= 0.6 is 0 Å². The number of fused-ring (bicyclic) bond motifs is 1. The van der Waals surface area contributed by atoms with Gasteiger partial charge >= 0.3 is 6.03 Å². The van der Waals surface area contributed by atoms with Crippen molar-refractivity contribution in [1.82, 2.24) is 15.3 Å². The second-order valence-electron chi connectivity index (χ2n) is 3.17. The van der Waals surface area contributed by atoms with Crippen molar-refractivity contribution in [2.24, 2.45) is 0 Å². The molecule has 2 rings (SSSR count). The van der Waals surface area contributed by atoms with Gasteiger partial charge in [-0.25, -0.2) is 14.8 Å². The highest BCUT2D eigenvalue weighted by molar-refractivity contribution is 7.84. The van der Waals surface area contributed by atoms with Crippen LogP contribution in [-0.2, 0) is 17.3 Å². The normalized spacial score (nSPS) is 16.9. The Morgan fingerprint density at radius 1 is 1.60 bits per heavy atom. The molecule has 2 amide bonds. The van der Waals surface area contributed by atoms with Gasteiger partial charge in [0, 0.05) is 31.6 Å². The fourth-order valence-electron chi connectivity index (χ4n) is 1.32. The van der Waals surface area contributed by atoms with Gasteiger partial charge in [0.15, 0.2) is 0 Å². The molecule has 6 nitrogen and oxygen atoms in total. The van der Waals surface area contributed by atoms with E-state index >= 15 is 0 Å². The molecule has 1 aliphatic rings. The fourth-order valence-corrected chi connectivity index (χ4v) is 1.74. The Morgan fingerprint density at radius 3 is 3.00 bits per heavy atom. The number of amides is 2. The van der Waals surface area contributed by atoms with E-state index in [1.165, 1.54) is 11.2 Å². The van der Waals surface area contributed by atoms with Gasteiger partial charge in [-0.3, -0.25) is 9.11 Å². The summed E-state index contributed by atoms with van der Waals surface area (Å²) in [6.45, 7) is 0.412. The van der Waals surface area contributed by atoms with Crippen molar-refractivity contribution in [1.29, 1.82) is 0 Å². The average Bonchev–Trinajstić information content (AvgIpc) is 2.23. The monoisotopic (exact) mass is 226 g/mol. The number of rotatable bonds is 1. The molecule has 1 aromatic heterocycles. The van der Waals surface area contributed by atoms with Crippen molar-refractivity contribution in [3.05, 3.63) is 11.8 Å². The number of anilines is 1. The maximum absolute atomic E-state index is 11.3. The SMILES string of the molecule is CN1C(=O)NCc2cnc(S(C)=O)nc21. The lowest BCUT2D eigenvalue weighted by Crippen LogP contribution is -2.42. The van der Waals surface area contributed by atoms with Crippen LogP contribution in [-0.4, -0.2) is 33.5 Å². The number of carbonyl (C=O) groups is 1. The van der Waals surface area contributed by atoms with E-state index in [9.17, 15) is 9.00 Å². The molecule has 0 fully saturated rings. The third kappa shape index (κ3) is 1.70. The average molecular weight is 226 g/mol. The molecule has 0 saturated heterocycles. The first-order valence-electron chi connectivity index (χ1n) is 4.30. The van der Waals surface area contributed by atoms with Crippen molar-refractivity contribution >= 4 is 22.6 Å². The maximum atomic E-state index is 11.3. The molecular weight excluding hydrogens is 216 g/mol. The molecule has 0 aliphatic carbocycles. The highest BCUT2D eigenvalue weighted by atomic mass is 32.2. The highest BCUT2D eigenvalue weighted by Gasteiger charge is 2.22. The summed E-state index contributed by atoms with van der Waals surface area (Å²) in [6, 6.07) is -0.214. The number of aromatic nitrogens is 2. The lowest BCUT2D eigenvalue weighted by Gasteiger charge is -2.24. The zero-order chi connectivity index (χ0) is 11.0. The van der Waals surface area contributed by atoms with Gasteiger partial charge in [0.05, 0.1) is 10.8 Å². The number of hydrogen-bond acceptors (Lipinski definition) is 4. The number of urea groups is 1. The molecule has 0 bridgehead atoms. The van der Waals surface area contributed by atoms with Gasteiger partial charge in [0.1, 0.15) is 5.82 Å². The minimum absolute atomic E-state index is 0.214. The van der Waals surface area contributed by atoms with Crippen LogP contribution in [0.3, 0.4) is 0 Å². The smallest absolute Gasteiger partial charge is 0.323 e. The van der Waals surface area contributed by atoms with Crippen LogP contribution in [0.25, 0.3) is 0 Å². The minimum Gasteiger partial charge on any atom is -0.333 e. The van der Waals surface area contributed by atoms with E-state index in [1.807, 2.05) is 0 Å². The Labute approximate surface area is 89.2 Å². The molecule has 0 radical (unpaired) electrons.